The molecule has 10 nitrogen and oxygen atoms in total. The Kier molecular flexibility index (Phi) is 6.50. The lowest BCUT2D eigenvalue weighted by molar-refractivity contribution is -0.0511. The van der Waals surface area contributed by atoms with E-state index in [1.807, 2.05) is 0 Å². The molecule has 0 amide bonds. The molecule has 3 heterocycles. The first-order chi connectivity index (χ1) is 16.5. The van der Waals surface area contributed by atoms with Crippen LogP contribution in [0, 0.1) is 13.8 Å². The van der Waals surface area contributed by atoms with Gasteiger partial charge in [0.05, 0.1) is 31.7 Å². The number of ether oxygens (including phenoxy) is 2. The van der Waals surface area contributed by atoms with Crippen LogP contribution in [0.4, 0.5) is 5.82 Å². The van der Waals surface area contributed by atoms with Crippen LogP contribution in [0.5, 0.6) is 0 Å². The Balaban J connectivity index is 1.33. The van der Waals surface area contributed by atoms with Gasteiger partial charge in [-0.1, -0.05) is 18.2 Å². The van der Waals surface area contributed by atoms with Crippen LogP contribution >= 0.6 is 0 Å². The van der Waals surface area contributed by atoms with Crippen LogP contribution in [0.2, 0.25) is 0 Å². The first-order valence-corrected chi connectivity index (χ1v) is 11.7. The van der Waals surface area contributed by atoms with Gasteiger partial charge in [-0.15, -0.1) is 0 Å². The van der Waals surface area contributed by atoms with Crippen molar-refractivity contribution in [1.82, 2.24) is 19.5 Å². The third-order valence-electron chi connectivity index (χ3n) is 7.01. The van der Waals surface area contributed by atoms with Gasteiger partial charge < -0.3 is 30.1 Å². The summed E-state index contributed by atoms with van der Waals surface area (Å²) in [7, 11) is 0. The molecule has 0 radical (unpaired) electrons. The molecule has 5 rings (SSSR count). The number of rotatable bonds is 7. The van der Waals surface area contributed by atoms with Crippen molar-refractivity contribution in [3.05, 3.63) is 47.5 Å². The topological polar surface area (TPSA) is 135 Å². The molecule has 1 saturated heterocycles. The highest BCUT2D eigenvalue weighted by molar-refractivity contribution is 5.82. The molecule has 1 saturated carbocycles. The second-order valence-corrected chi connectivity index (χ2v) is 9.18. The summed E-state index contributed by atoms with van der Waals surface area (Å²) < 4.78 is 13.6. The van der Waals surface area contributed by atoms with Crippen molar-refractivity contribution in [3.63, 3.8) is 0 Å². The Morgan fingerprint density at radius 2 is 1.91 bits per heavy atom. The summed E-state index contributed by atoms with van der Waals surface area (Å²) in [5.74, 6) is 0.586. The molecule has 34 heavy (non-hydrogen) atoms. The molecule has 10 heteroatoms. The van der Waals surface area contributed by atoms with E-state index < -0.39 is 31.1 Å². The average Bonchev–Trinajstić information content (AvgIpc) is 3.52. The fourth-order valence-electron chi connectivity index (χ4n) is 4.99. The van der Waals surface area contributed by atoms with Crippen molar-refractivity contribution in [3.8, 4) is 0 Å². The molecule has 3 aromatic rings. The summed E-state index contributed by atoms with van der Waals surface area (Å²) in [4.78, 5) is 13.2. The van der Waals surface area contributed by atoms with E-state index in [0.29, 0.717) is 23.6 Å². The van der Waals surface area contributed by atoms with E-state index in [1.54, 1.807) is 4.57 Å². The number of hydrogen-bond acceptors (Lipinski definition) is 9. The number of aliphatic hydroxyl groups is 3. The molecule has 4 N–H and O–H groups in total. The van der Waals surface area contributed by atoms with Gasteiger partial charge in [0.15, 0.2) is 23.2 Å². The highest BCUT2D eigenvalue weighted by Gasteiger charge is 2.44. The first-order valence-electron chi connectivity index (χ1n) is 11.7. The predicted octanol–water partition coefficient (Wildman–Crippen LogP) is 1.60. The number of imidazole rings is 1. The van der Waals surface area contributed by atoms with Crippen LogP contribution < -0.4 is 5.32 Å². The van der Waals surface area contributed by atoms with Crippen LogP contribution in [0.3, 0.4) is 0 Å². The van der Waals surface area contributed by atoms with E-state index in [9.17, 15) is 15.3 Å². The molecule has 2 fully saturated rings. The van der Waals surface area contributed by atoms with Crippen molar-refractivity contribution in [2.75, 3.05) is 11.9 Å². The molecule has 0 bridgehead atoms. The highest BCUT2D eigenvalue weighted by atomic mass is 16.6. The molecule has 1 aliphatic carbocycles. The molecular weight excluding hydrogens is 438 g/mol. The van der Waals surface area contributed by atoms with Crippen molar-refractivity contribution in [2.24, 2.45) is 0 Å². The Morgan fingerprint density at radius 1 is 1.12 bits per heavy atom. The van der Waals surface area contributed by atoms with E-state index in [2.05, 4.69) is 52.3 Å². The number of aromatic nitrogens is 4. The van der Waals surface area contributed by atoms with Crippen LogP contribution in [0.25, 0.3) is 11.2 Å². The van der Waals surface area contributed by atoms with E-state index in [0.717, 1.165) is 19.3 Å². The van der Waals surface area contributed by atoms with Gasteiger partial charge in [0, 0.05) is 0 Å². The lowest BCUT2D eigenvalue weighted by atomic mass is 10.0. The minimum Gasteiger partial charge on any atom is -0.394 e. The van der Waals surface area contributed by atoms with Crippen molar-refractivity contribution in [1.29, 1.82) is 0 Å². The second kappa shape index (κ2) is 9.55. The Labute approximate surface area is 197 Å². The summed E-state index contributed by atoms with van der Waals surface area (Å²) in [5, 5.41) is 33.4. The molecule has 2 aliphatic rings. The number of benzene rings is 1. The molecule has 6 atom stereocenters. The molecule has 1 aromatic carbocycles. The van der Waals surface area contributed by atoms with E-state index in [4.69, 9.17) is 9.47 Å². The average molecular weight is 470 g/mol. The first kappa shape index (κ1) is 23.1. The fourth-order valence-corrected chi connectivity index (χ4v) is 4.99. The van der Waals surface area contributed by atoms with Crippen LogP contribution in [0.1, 0.15) is 42.2 Å². The summed E-state index contributed by atoms with van der Waals surface area (Å²) in [6.45, 7) is 4.39. The molecule has 0 unspecified atom stereocenters. The number of aryl methyl sites for hydroxylation is 2. The number of aliphatic hydroxyl groups excluding tert-OH is 3. The third kappa shape index (κ3) is 4.16. The predicted molar refractivity (Wildman–Crippen MR) is 124 cm³/mol. The quantitative estimate of drug-likeness (QED) is 0.407. The maximum Gasteiger partial charge on any atom is 0.167 e. The zero-order valence-corrected chi connectivity index (χ0v) is 19.3. The minimum absolute atomic E-state index is 0.0477. The van der Waals surface area contributed by atoms with Gasteiger partial charge in [-0.2, -0.15) is 0 Å². The number of nitrogens with one attached hydrogen (secondary N) is 1. The maximum absolute atomic E-state index is 10.4. The highest BCUT2D eigenvalue weighted by Crippen LogP contribution is 2.33. The Hall–Kier alpha value is -2.63. The monoisotopic (exact) mass is 469 g/mol. The lowest BCUT2D eigenvalue weighted by Crippen LogP contribution is -2.33. The number of hydrogen-bond donors (Lipinski definition) is 4. The smallest absolute Gasteiger partial charge is 0.167 e. The third-order valence-corrected chi connectivity index (χ3v) is 7.01. The Morgan fingerprint density at radius 3 is 2.65 bits per heavy atom. The van der Waals surface area contributed by atoms with Gasteiger partial charge in [0.2, 0.25) is 0 Å². The van der Waals surface area contributed by atoms with Crippen LogP contribution in [0.15, 0.2) is 30.9 Å². The van der Waals surface area contributed by atoms with Crippen molar-refractivity contribution in [2.45, 2.75) is 76.4 Å². The minimum atomic E-state index is -1.21. The molecule has 182 valence electrons. The number of anilines is 1. The van der Waals surface area contributed by atoms with Crippen molar-refractivity contribution >= 4 is 17.0 Å². The van der Waals surface area contributed by atoms with E-state index in [1.165, 1.54) is 29.3 Å². The van der Waals surface area contributed by atoms with Gasteiger partial charge in [-0.25, -0.2) is 15.0 Å². The zero-order valence-electron chi connectivity index (χ0n) is 19.3. The lowest BCUT2D eigenvalue weighted by Gasteiger charge is -2.23. The Bertz CT molecular complexity index is 1130. The molecule has 0 spiro atoms. The fraction of sp³-hybridized carbons (Fsp3) is 0.542. The van der Waals surface area contributed by atoms with Gasteiger partial charge in [-0.3, -0.25) is 4.57 Å². The normalized spacial score (nSPS) is 29.2. The van der Waals surface area contributed by atoms with Crippen LogP contribution in [-0.4, -0.2) is 71.9 Å². The molecule has 2 aromatic heterocycles. The van der Waals surface area contributed by atoms with Crippen molar-refractivity contribution < 1.29 is 24.8 Å². The SMILES string of the molecule is Cc1cccc(C)c1CO[C@@H]1CCC[C@H]1Nc1ncnc2c1ncn2[C@@H]1O[C@H](CO)[C@@H](O)[C@H]1O. The largest absolute Gasteiger partial charge is 0.394 e. The van der Waals surface area contributed by atoms with E-state index in [-0.39, 0.29) is 12.1 Å². The number of nitrogens with zero attached hydrogens (tertiary/aromatic N) is 4. The standard InChI is InChI=1S/C24H31N5O5/c1-13-5-3-6-14(2)15(13)10-33-17-8-4-7-16(17)28-22-19-23(26-11-25-22)29(12-27-19)24-21(32)20(31)18(9-30)34-24/h3,5-6,11-12,16-18,20-21,24,30-32H,4,7-10H2,1-2H3,(H,25,26,28)/t16-,17-,18-,20-,21-,24-/m1/s1. The van der Waals surface area contributed by atoms with Gasteiger partial charge in [0.25, 0.3) is 0 Å². The van der Waals surface area contributed by atoms with Crippen LogP contribution in [-0.2, 0) is 16.1 Å². The van der Waals surface area contributed by atoms with Gasteiger partial charge in [-0.05, 0) is 49.8 Å². The summed E-state index contributed by atoms with van der Waals surface area (Å²) in [6.07, 6.45) is 1.79. The summed E-state index contributed by atoms with van der Waals surface area (Å²) in [5.41, 5.74) is 4.71. The number of fused-ring (bicyclic) bond motifs is 1. The molecular formula is C24H31N5O5. The summed E-state index contributed by atoms with van der Waals surface area (Å²) in [6, 6.07) is 6.36. The summed E-state index contributed by atoms with van der Waals surface area (Å²) >= 11 is 0. The second-order valence-electron chi connectivity index (χ2n) is 9.18. The zero-order chi connectivity index (χ0) is 23.8. The molecule has 1 aliphatic heterocycles. The van der Waals surface area contributed by atoms with Gasteiger partial charge >= 0.3 is 0 Å². The maximum atomic E-state index is 10.4. The van der Waals surface area contributed by atoms with E-state index >= 15 is 0 Å². The van der Waals surface area contributed by atoms with Gasteiger partial charge in [0.1, 0.15) is 24.6 Å².